The number of hydrogen-bond donors (Lipinski definition) is 1. The molecular weight excluding hydrogens is 316 g/mol. The lowest BCUT2D eigenvalue weighted by atomic mass is 9.96. The van der Waals surface area contributed by atoms with Crippen LogP contribution in [0, 0.1) is 6.92 Å². The van der Waals surface area contributed by atoms with Crippen LogP contribution in [0.4, 0.5) is 11.4 Å². The molecule has 3 nitrogen and oxygen atoms in total. The predicted octanol–water partition coefficient (Wildman–Crippen LogP) is 3.54. The summed E-state index contributed by atoms with van der Waals surface area (Å²) in [6.07, 6.45) is 0.835. The lowest BCUT2D eigenvalue weighted by molar-refractivity contribution is 0.0981. The average Bonchev–Trinajstić information content (AvgIpc) is 2.40. The zero-order valence-electron chi connectivity index (χ0n) is 11.2. The first-order valence-electron chi connectivity index (χ1n) is 6.53. The number of hydrogen-bond acceptors (Lipinski definition) is 2. The number of rotatable bonds is 1. The number of halogens is 1. The number of nitrogens with zero attached hydrogens (tertiary/aromatic N) is 1. The van der Waals surface area contributed by atoms with E-state index in [-0.39, 0.29) is 5.91 Å². The maximum Gasteiger partial charge on any atom is 0.260 e. The molecule has 0 atom stereocenters. The van der Waals surface area contributed by atoms with Gasteiger partial charge in [-0.2, -0.15) is 0 Å². The number of anilines is 2. The lowest BCUT2D eigenvalue weighted by Crippen LogP contribution is -2.38. The minimum absolute atomic E-state index is 0.00484. The summed E-state index contributed by atoms with van der Waals surface area (Å²) in [6.45, 7) is 2.70. The van der Waals surface area contributed by atoms with Crippen LogP contribution >= 0.6 is 15.9 Å². The van der Waals surface area contributed by atoms with E-state index in [1.165, 1.54) is 0 Å². The Morgan fingerprint density at radius 3 is 2.80 bits per heavy atom. The predicted molar refractivity (Wildman–Crippen MR) is 85.1 cm³/mol. The maximum atomic E-state index is 12.7. The Morgan fingerprint density at radius 2 is 2.05 bits per heavy atom. The Balaban J connectivity index is 2.06. The molecule has 0 saturated carbocycles. The van der Waals surface area contributed by atoms with E-state index in [4.69, 9.17) is 5.73 Å². The van der Waals surface area contributed by atoms with Gasteiger partial charge in [0.15, 0.2) is 0 Å². The van der Waals surface area contributed by atoms with Crippen molar-refractivity contribution in [2.45, 2.75) is 13.3 Å². The van der Waals surface area contributed by atoms with Crippen LogP contribution in [0.25, 0.3) is 0 Å². The molecule has 1 aliphatic rings. The second-order valence-electron chi connectivity index (χ2n) is 5.02. The maximum absolute atomic E-state index is 12.7. The summed E-state index contributed by atoms with van der Waals surface area (Å²) in [7, 11) is 0. The first-order chi connectivity index (χ1) is 9.58. The van der Waals surface area contributed by atoms with E-state index in [0.717, 1.165) is 27.7 Å². The molecule has 1 aliphatic heterocycles. The van der Waals surface area contributed by atoms with E-state index >= 15 is 0 Å². The van der Waals surface area contributed by atoms with Gasteiger partial charge in [0.25, 0.3) is 5.91 Å². The highest BCUT2D eigenvalue weighted by molar-refractivity contribution is 9.10. The number of amides is 1. The molecule has 0 spiro atoms. The number of fused-ring (bicyclic) bond motifs is 1. The first kappa shape index (κ1) is 13.2. The minimum atomic E-state index is -0.00484. The Hall–Kier alpha value is -1.81. The summed E-state index contributed by atoms with van der Waals surface area (Å²) >= 11 is 3.45. The fourth-order valence-electron chi connectivity index (χ4n) is 2.71. The smallest absolute Gasteiger partial charge is 0.260 e. The largest absolute Gasteiger partial charge is 0.398 e. The number of carbonyl (C=O) groups is 1. The molecule has 20 heavy (non-hydrogen) atoms. The summed E-state index contributed by atoms with van der Waals surface area (Å²) < 4.78 is 1.02. The highest BCUT2D eigenvalue weighted by Gasteiger charge is 2.27. The van der Waals surface area contributed by atoms with Crippen LogP contribution in [-0.4, -0.2) is 12.5 Å². The normalized spacial score (nSPS) is 14.3. The molecule has 0 aliphatic carbocycles. The quantitative estimate of drug-likeness (QED) is 0.813. The molecule has 0 aromatic heterocycles. The van der Waals surface area contributed by atoms with Gasteiger partial charge in [0.1, 0.15) is 0 Å². The number of benzene rings is 2. The molecule has 1 amide bonds. The van der Waals surface area contributed by atoms with Gasteiger partial charge in [-0.15, -0.1) is 0 Å². The average molecular weight is 331 g/mol. The zero-order chi connectivity index (χ0) is 14.3. The van der Waals surface area contributed by atoms with Gasteiger partial charge in [-0.05, 0) is 48.7 Å². The second-order valence-corrected chi connectivity index (χ2v) is 5.93. The van der Waals surface area contributed by atoms with Gasteiger partial charge in [0.2, 0.25) is 0 Å². The van der Waals surface area contributed by atoms with Crippen molar-refractivity contribution >= 4 is 33.2 Å². The summed E-state index contributed by atoms with van der Waals surface area (Å²) in [6, 6.07) is 11.6. The Bertz CT molecular complexity index is 697. The molecule has 0 unspecified atom stereocenters. The minimum Gasteiger partial charge on any atom is -0.398 e. The van der Waals surface area contributed by atoms with Gasteiger partial charge in [-0.3, -0.25) is 4.79 Å². The first-order valence-corrected chi connectivity index (χ1v) is 7.32. The summed E-state index contributed by atoms with van der Waals surface area (Å²) in [5, 5.41) is 0. The van der Waals surface area contributed by atoms with Gasteiger partial charge in [0, 0.05) is 22.4 Å². The van der Waals surface area contributed by atoms with E-state index in [0.29, 0.717) is 17.8 Å². The van der Waals surface area contributed by atoms with Crippen LogP contribution in [-0.2, 0) is 6.42 Å². The standard InChI is InChI=1S/C16H15BrN2O/c1-10-9-12(17)5-6-14(10)19-8-7-11-3-2-4-13(18)15(11)16(19)20/h2-6,9H,7-8,18H2,1H3. The highest BCUT2D eigenvalue weighted by atomic mass is 79.9. The number of nitrogen functional groups attached to an aromatic ring is 1. The Kier molecular flexibility index (Phi) is 3.26. The molecule has 3 rings (SSSR count). The molecule has 0 radical (unpaired) electrons. The third-order valence-electron chi connectivity index (χ3n) is 3.70. The van der Waals surface area contributed by atoms with Crippen molar-refractivity contribution in [2.24, 2.45) is 0 Å². The van der Waals surface area contributed by atoms with Crippen LogP contribution in [0.5, 0.6) is 0 Å². The van der Waals surface area contributed by atoms with E-state index in [2.05, 4.69) is 15.9 Å². The number of nitrogens with two attached hydrogens (primary N) is 1. The molecule has 0 saturated heterocycles. The van der Waals surface area contributed by atoms with Crippen molar-refractivity contribution in [1.82, 2.24) is 0 Å². The van der Waals surface area contributed by atoms with Crippen molar-refractivity contribution in [3.63, 3.8) is 0 Å². The Labute approximate surface area is 126 Å². The lowest BCUT2D eigenvalue weighted by Gasteiger charge is -2.30. The fraction of sp³-hybridized carbons (Fsp3) is 0.188. The molecule has 2 aromatic rings. The van der Waals surface area contributed by atoms with Crippen LogP contribution < -0.4 is 10.6 Å². The van der Waals surface area contributed by atoms with E-state index < -0.39 is 0 Å². The van der Waals surface area contributed by atoms with Crippen molar-refractivity contribution < 1.29 is 4.79 Å². The topological polar surface area (TPSA) is 46.3 Å². The van der Waals surface area contributed by atoms with Crippen LogP contribution in [0.1, 0.15) is 21.5 Å². The van der Waals surface area contributed by atoms with Crippen molar-refractivity contribution in [3.05, 3.63) is 57.6 Å². The summed E-state index contributed by atoms with van der Waals surface area (Å²) in [4.78, 5) is 14.5. The molecule has 0 fully saturated rings. The van der Waals surface area contributed by atoms with Crippen LogP contribution in [0.3, 0.4) is 0 Å². The van der Waals surface area contributed by atoms with Crippen LogP contribution in [0.2, 0.25) is 0 Å². The Morgan fingerprint density at radius 1 is 1.25 bits per heavy atom. The second kappa shape index (κ2) is 4.94. The molecule has 1 heterocycles. The zero-order valence-corrected chi connectivity index (χ0v) is 12.8. The molecule has 2 aromatic carbocycles. The van der Waals surface area contributed by atoms with Gasteiger partial charge in [-0.1, -0.05) is 28.1 Å². The van der Waals surface area contributed by atoms with Gasteiger partial charge in [0.05, 0.1) is 5.56 Å². The van der Waals surface area contributed by atoms with Gasteiger partial charge >= 0.3 is 0 Å². The summed E-state index contributed by atoms with van der Waals surface area (Å²) in [5.74, 6) is -0.00484. The SMILES string of the molecule is Cc1cc(Br)ccc1N1CCc2cccc(N)c2C1=O. The molecule has 2 N–H and O–H groups in total. The van der Waals surface area contributed by atoms with Crippen LogP contribution in [0.15, 0.2) is 40.9 Å². The van der Waals surface area contributed by atoms with Crippen molar-refractivity contribution in [2.75, 3.05) is 17.2 Å². The fourth-order valence-corrected chi connectivity index (χ4v) is 3.19. The molecule has 0 bridgehead atoms. The van der Waals surface area contributed by atoms with Crippen molar-refractivity contribution in [1.29, 1.82) is 0 Å². The molecule has 102 valence electrons. The monoisotopic (exact) mass is 330 g/mol. The van der Waals surface area contributed by atoms with E-state index in [9.17, 15) is 4.79 Å². The van der Waals surface area contributed by atoms with E-state index in [1.54, 1.807) is 6.07 Å². The van der Waals surface area contributed by atoms with Crippen molar-refractivity contribution in [3.8, 4) is 0 Å². The number of aryl methyl sites for hydroxylation is 1. The van der Waals surface area contributed by atoms with Gasteiger partial charge in [-0.25, -0.2) is 0 Å². The summed E-state index contributed by atoms with van der Waals surface area (Å²) in [5.41, 5.74) is 10.3. The number of carbonyl (C=O) groups excluding carboxylic acids is 1. The highest BCUT2D eigenvalue weighted by Crippen LogP contribution is 2.31. The third-order valence-corrected chi connectivity index (χ3v) is 4.19. The van der Waals surface area contributed by atoms with Gasteiger partial charge < -0.3 is 10.6 Å². The molecular formula is C16H15BrN2O. The molecule has 4 heteroatoms. The third kappa shape index (κ3) is 2.10. The van der Waals surface area contributed by atoms with E-state index in [1.807, 2.05) is 42.2 Å².